The third-order valence-electron chi connectivity index (χ3n) is 5.47. The van der Waals surface area contributed by atoms with Gasteiger partial charge in [0.05, 0.1) is 5.69 Å². The van der Waals surface area contributed by atoms with Crippen LogP contribution < -0.4 is 9.64 Å². The Hall–Kier alpha value is -2.95. The van der Waals surface area contributed by atoms with E-state index in [0.717, 1.165) is 34.1 Å². The lowest BCUT2D eigenvalue weighted by atomic mass is 9.85. The number of rotatable bonds is 4. The summed E-state index contributed by atoms with van der Waals surface area (Å²) in [5.41, 5.74) is 2.69. The van der Waals surface area contributed by atoms with Gasteiger partial charge in [0, 0.05) is 18.0 Å². The molecule has 0 aliphatic carbocycles. The molecule has 1 heterocycles. The Bertz CT molecular complexity index is 1060. The van der Waals surface area contributed by atoms with Gasteiger partial charge < -0.3 is 9.47 Å². The van der Waals surface area contributed by atoms with Crippen LogP contribution in [0.4, 0.5) is 10.5 Å². The number of anilines is 1. The predicted molar refractivity (Wildman–Crippen MR) is 124 cm³/mol. The molecule has 3 aromatic carbocycles. The molecule has 5 heteroatoms. The summed E-state index contributed by atoms with van der Waals surface area (Å²) >= 11 is 0. The molecule has 3 aromatic rings. The van der Waals surface area contributed by atoms with E-state index in [1.807, 2.05) is 57.2 Å². The van der Waals surface area contributed by atoms with Crippen LogP contribution >= 0.6 is 0 Å². The van der Waals surface area contributed by atoms with E-state index in [9.17, 15) is 4.79 Å². The minimum absolute atomic E-state index is 0.278. The maximum atomic E-state index is 13.0. The first kappa shape index (κ1) is 20.3. The zero-order valence-corrected chi connectivity index (χ0v) is 18.1. The Morgan fingerprint density at radius 2 is 1.73 bits per heavy atom. The summed E-state index contributed by atoms with van der Waals surface area (Å²) in [6.07, 6.45) is 0.657. The van der Waals surface area contributed by atoms with Crippen LogP contribution in [-0.2, 0) is 11.3 Å². The van der Waals surface area contributed by atoms with E-state index < -0.39 is 5.60 Å². The van der Waals surface area contributed by atoms with Crippen LogP contribution in [0.1, 0.15) is 37.8 Å². The van der Waals surface area contributed by atoms with Crippen molar-refractivity contribution in [3.63, 3.8) is 0 Å². The minimum Gasteiger partial charge on any atom is -0.488 e. The van der Waals surface area contributed by atoms with Crippen molar-refractivity contribution in [2.45, 2.75) is 45.2 Å². The number of carbonyl (C=O) groups is 1. The van der Waals surface area contributed by atoms with E-state index in [4.69, 9.17) is 9.47 Å². The van der Waals surface area contributed by atoms with Crippen molar-refractivity contribution >= 4 is 30.4 Å². The lowest BCUT2D eigenvalue weighted by Gasteiger charge is -2.25. The van der Waals surface area contributed by atoms with Crippen LogP contribution in [0.3, 0.4) is 0 Å². The van der Waals surface area contributed by atoms with Gasteiger partial charge in [0.1, 0.15) is 25.8 Å². The third-order valence-corrected chi connectivity index (χ3v) is 5.47. The Morgan fingerprint density at radius 1 is 1.07 bits per heavy atom. The fourth-order valence-corrected chi connectivity index (χ4v) is 4.09. The van der Waals surface area contributed by atoms with E-state index in [0.29, 0.717) is 13.2 Å². The summed E-state index contributed by atoms with van der Waals surface area (Å²) < 4.78 is 11.9. The van der Waals surface area contributed by atoms with Gasteiger partial charge in [-0.3, -0.25) is 4.90 Å². The lowest BCUT2D eigenvalue weighted by Crippen LogP contribution is -2.36. The highest BCUT2D eigenvalue weighted by Crippen LogP contribution is 2.46. The second kappa shape index (κ2) is 8.06. The zero-order chi connectivity index (χ0) is 21.3. The van der Waals surface area contributed by atoms with E-state index in [1.54, 1.807) is 4.90 Å². The Labute approximate surface area is 179 Å². The molecule has 1 aliphatic rings. The summed E-state index contributed by atoms with van der Waals surface area (Å²) in [5, 5.41) is 2.23. The molecule has 30 heavy (non-hydrogen) atoms. The molecule has 0 bridgehead atoms. The second-order valence-corrected chi connectivity index (χ2v) is 8.82. The highest BCUT2D eigenvalue weighted by Gasteiger charge is 2.36. The molecular weight excluding hydrogens is 373 g/mol. The number of carbonyl (C=O) groups excluding carboxylic acids is 1. The summed E-state index contributed by atoms with van der Waals surface area (Å²) in [6, 6.07) is 20.4. The summed E-state index contributed by atoms with van der Waals surface area (Å²) in [4.78, 5) is 14.7. The van der Waals surface area contributed by atoms with Crippen molar-refractivity contribution in [1.29, 1.82) is 0 Å². The molecule has 0 N–H and O–H groups in total. The Balaban J connectivity index is 1.77. The van der Waals surface area contributed by atoms with Crippen LogP contribution in [0.2, 0.25) is 6.32 Å². The van der Waals surface area contributed by atoms with Gasteiger partial charge in [-0.2, -0.15) is 0 Å². The van der Waals surface area contributed by atoms with E-state index in [1.165, 1.54) is 5.56 Å². The van der Waals surface area contributed by atoms with Crippen molar-refractivity contribution in [1.82, 2.24) is 0 Å². The number of hydrogen-bond donors (Lipinski definition) is 0. The average molecular weight is 401 g/mol. The molecule has 1 amide bonds. The first-order chi connectivity index (χ1) is 14.4. The molecule has 4 rings (SSSR count). The standard InChI is InChI=1S/C25H28BNO3/c1-25(2,3)30-24(28)27-15-18(14-26)23-20-12-8-7-11-19(20)22(13-21(23)27)29-16-17-9-5-4-6-10-17/h4-13,18H,14-16,26H2,1-3H3/t18-/m1/s1. The largest absolute Gasteiger partial charge is 0.488 e. The van der Waals surface area contributed by atoms with Gasteiger partial charge in [0.15, 0.2) is 0 Å². The van der Waals surface area contributed by atoms with E-state index >= 15 is 0 Å². The number of hydrogen-bond acceptors (Lipinski definition) is 3. The van der Waals surface area contributed by atoms with Crippen molar-refractivity contribution in [2.24, 2.45) is 0 Å². The van der Waals surface area contributed by atoms with Crippen molar-refractivity contribution in [3.8, 4) is 5.75 Å². The normalized spacial score (nSPS) is 15.8. The van der Waals surface area contributed by atoms with Crippen molar-refractivity contribution in [2.75, 3.05) is 11.4 Å². The first-order valence-electron chi connectivity index (χ1n) is 10.6. The van der Waals surface area contributed by atoms with Gasteiger partial charge in [-0.05, 0) is 43.2 Å². The van der Waals surface area contributed by atoms with Gasteiger partial charge >= 0.3 is 6.09 Å². The molecule has 0 radical (unpaired) electrons. The molecule has 0 fully saturated rings. The molecule has 0 spiro atoms. The van der Waals surface area contributed by atoms with Crippen LogP contribution in [0.25, 0.3) is 10.8 Å². The molecule has 1 aliphatic heterocycles. The number of amides is 1. The number of fused-ring (bicyclic) bond motifs is 3. The third kappa shape index (κ3) is 4.02. The first-order valence-corrected chi connectivity index (χ1v) is 10.6. The number of ether oxygens (including phenoxy) is 2. The van der Waals surface area contributed by atoms with Gasteiger partial charge in [-0.1, -0.05) is 60.9 Å². The highest BCUT2D eigenvalue weighted by molar-refractivity contribution is 6.10. The molecule has 0 saturated carbocycles. The Kier molecular flexibility index (Phi) is 5.46. The molecule has 4 nitrogen and oxygen atoms in total. The fraction of sp³-hybridized carbons (Fsp3) is 0.320. The van der Waals surface area contributed by atoms with Crippen molar-refractivity contribution in [3.05, 3.63) is 71.8 Å². The average Bonchev–Trinajstić information content (AvgIpc) is 3.10. The second-order valence-electron chi connectivity index (χ2n) is 8.82. The predicted octanol–water partition coefficient (Wildman–Crippen LogP) is 5.31. The van der Waals surface area contributed by atoms with E-state index in [2.05, 4.69) is 32.1 Å². The van der Waals surface area contributed by atoms with Gasteiger partial charge in [0.25, 0.3) is 0 Å². The highest BCUT2D eigenvalue weighted by atomic mass is 16.6. The summed E-state index contributed by atoms with van der Waals surface area (Å²) in [5.74, 6) is 1.07. The van der Waals surface area contributed by atoms with Crippen molar-refractivity contribution < 1.29 is 14.3 Å². The van der Waals surface area contributed by atoms with Crippen LogP contribution in [0.15, 0.2) is 60.7 Å². The maximum absolute atomic E-state index is 13.0. The molecule has 0 saturated heterocycles. The van der Waals surface area contributed by atoms with Crippen LogP contribution in [0, 0.1) is 0 Å². The quantitative estimate of drug-likeness (QED) is 0.557. The van der Waals surface area contributed by atoms with E-state index in [-0.39, 0.29) is 12.0 Å². The molecule has 154 valence electrons. The van der Waals surface area contributed by atoms with Crippen LogP contribution in [0.5, 0.6) is 5.75 Å². The Morgan fingerprint density at radius 3 is 2.40 bits per heavy atom. The van der Waals surface area contributed by atoms with Gasteiger partial charge in [-0.15, -0.1) is 0 Å². The molecule has 0 aromatic heterocycles. The topological polar surface area (TPSA) is 38.8 Å². The van der Waals surface area contributed by atoms with Gasteiger partial charge in [0.2, 0.25) is 0 Å². The zero-order valence-electron chi connectivity index (χ0n) is 18.1. The molecule has 0 unspecified atom stereocenters. The lowest BCUT2D eigenvalue weighted by molar-refractivity contribution is 0.0582. The SMILES string of the molecule is BC[C@@H]1CN(C(=O)OC(C)(C)C)c2cc(OCc3ccccc3)c3ccccc3c21. The van der Waals surface area contributed by atoms with Crippen LogP contribution in [-0.4, -0.2) is 26.1 Å². The molecule has 1 atom stereocenters. The minimum atomic E-state index is -0.537. The molecular formula is C25H28BNO3. The van der Waals surface area contributed by atoms with Gasteiger partial charge in [-0.25, -0.2) is 4.79 Å². The smallest absolute Gasteiger partial charge is 0.414 e. The maximum Gasteiger partial charge on any atom is 0.414 e. The number of nitrogens with zero attached hydrogens (tertiary/aromatic N) is 1. The monoisotopic (exact) mass is 401 g/mol. The summed E-state index contributed by atoms with van der Waals surface area (Å²) in [7, 11) is 2.17. The fourth-order valence-electron chi connectivity index (χ4n) is 4.09. The summed E-state index contributed by atoms with van der Waals surface area (Å²) in [6.45, 7) is 6.80. The number of benzene rings is 3.